The Hall–Kier alpha value is -2.30. The summed E-state index contributed by atoms with van der Waals surface area (Å²) in [5, 5.41) is 23.6. The Kier molecular flexibility index (Phi) is 6.32. The first-order valence-electron chi connectivity index (χ1n) is 12.6. The summed E-state index contributed by atoms with van der Waals surface area (Å²) in [7, 11) is 0. The topological polar surface area (TPSA) is 136 Å². The molecule has 4 aliphatic rings. The maximum absolute atomic E-state index is 13.5. The fourth-order valence-corrected chi connectivity index (χ4v) is 7.46. The lowest BCUT2D eigenvalue weighted by molar-refractivity contribution is -0.244. The average molecular weight is 579 g/mol. The van der Waals surface area contributed by atoms with Crippen molar-refractivity contribution in [3.05, 3.63) is 34.3 Å². The lowest BCUT2D eigenvalue weighted by Gasteiger charge is -2.62. The van der Waals surface area contributed by atoms with Crippen molar-refractivity contribution < 1.29 is 43.6 Å². The van der Waals surface area contributed by atoms with Gasteiger partial charge in [-0.05, 0) is 62.8 Å². The molecule has 0 bridgehead atoms. The Balaban J connectivity index is 1.48. The summed E-state index contributed by atoms with van der Waals surface area (Å²) in [5.74, 6) is -2.89. The molecule has 1 spiro atoms. The summed E-state index contributed by atoms with van der Waals surface area (Å²) in [6.07, 6.45) is 0.264. The van der Waals surface area contributed by atoms with Crippen molar-refractivity contribution in [2.24, 2.45) is 22.7 Å². The number of ether oxygens (including phenoxy) is 3. The highest BCUT2D eigenvalue weighted by Gasteiger charge is 2.78. The van der Waals surface area contributed by atoms with Gasteiger partial charge in [0.25, 0.3) is 0 Å². The fraction of sp³-hybridized carbons (Fsp3) is 0.630. The van der Waals surface area contributed by atoms with E-state index < -0.39 is 51.8 Å². The normalized spacial score (nSPS) is 41.0. The summed E-state index contributed by atoms with van der Waals surface area (Å²) >= 11 is 3.32. The van der Waals surface area contributed by atoms with Crippen molar-refractivity contribution in [1.29, 1.82) is 0 Å². The second-order valence-electron chi connectivity index (χ2n) is 11.4. The van der Waals surface area contributed by atoms with E-state index in [1.807, 2.05) is 6.92 Å². The first kappa shape index (κ1) is 26.3. The first-order chi connectivity index (χ1) is 17.3. The van der Waals surface area contributed by atoms with Crippen LogP contribution in [0.4, 0.5) is 0 Å². The smallest absolute Gasteiger partial charge is 0.342 e. The highest BCUT2D eigenvalue weighted by Crippen LogP contribution is 2.67. The molecule has 2 aliphatic carbocycles. The zero-order valence-corrected chi connectivity index (χ0v) is 22.4. The third kappa shape index (κ3) is 3.78. The van der Waals surface area contributed by atoms with Crippen LogP contribution in [-0.4, -0.2) is 64.4 Å². The van der Waals surface area contributed by atoms with E-state index >= 15 is 0 Å². The summed E-state index contributed by atoms with van der Waals surface area (Å²) in [5.41, 5.74) is -6.09. The van der Waals surface area contributed by atoms with Gasteiger partial charge in [0.1, 0.15) is 18.3 Å². The maximum Gasteiger partial charge on any atom is 0.342 e. The quantitative estimate of drug-likeness (QED) is 0.399. The molecule has 2 heterocycles. The first-order valence-corrected chi connectivity index (χ1v) is 13.4. The molecule has 0 radical (unpaired) electrons. The van der Waals surface area contributed by atoms with Gasteiger partial charge in [-0.1, -0.05) is 22.9 Å². The average Bonchev–Trinajstić information content (AvgIpc) is 3.38. The minimum Gasteiger partial charge on any atom is -0.465 e. The van der Waals surface area contributed by atoms with E-state index in [2.05, 4.69) is 15.9 Å². The molecule has 0 amide bonds. The van der Waals surface area contributed by atoms with Crippen LogP contribution in [0.15, 0.2) is 28.7 Å². The number of benzene rings is 1. The largest absolute Gasteiger partial charge is 0.465 e. The van der Waals surface area contributed by atoms with Crippen LogP contribution in [0.3, 0.4) is 0 Å². The Morgan fingerprint density at radius 3 is 2.46 bits per heavy atom. The van der Waals surface area contributed by atoms with Gasteiger partial charge in [0.15, 0.2) is 5.78 Å². The Morgan fingerprint density at radius 1 is 1.11 bits per heavy atom. The third-order valence-electron chi connectivity index (χ3n) is 9.62. The highest BCUT2D eigenvalue weighted by atomic mass is 79.9. The standard InChI is InChI=1S/C27H31BrO9/c1-24(10-9-15-11-21(30)35-13-15)18-7-8-20(37-22(31)16-3-5-17(28)6-4-16)27(34)23(32)36-14-26(18,27)12-19(29)25(24,2)33/h3-6,15,18,20,33-34H,7-14H2,1-2H3/t15-,18-,20+,24-,25-,26+,27-/m1/s1. The van der Waals surface area contributed by atoms with Gasteiger partial charge in [-0.15, -0.1) is 0 Å². The number of Topliss-reactive ketones (excluding diaryl/α,β-unsaturated/α-hetero) is 1. The minimum absolute atomic E-state index is 0.0309. The van der Waals surface area contributed by atoms with Gasteiger partial charge in [-0.25, -0.2) is 9.59 Å². The number of halogens is 1. The van der Waals surface area contributed by atoms with Gasteiger partial charge in [0.05, 0.1) is 24.0 Å². The molecule has 10 heteroatoms. The summed E-state index contributed by atoms with van der Waals surface area (Å²) in [4.78, 5) is 51.2. The summed E-state index contributed by atoms with van der Waals surface area (Å²) in [6.45, 7) is 3.39. The highest BCUT2D eigenvalue weighted by molar-refractivity contribution is 9.10. The van der Waals surface area contributed by atoms with Gasteiger partial charge >= 0.3 is 17.9 Å². The molecule has 2 aliphatic heterocycles. The number of aliphatic hydroxyl groups is 2. The number of rotatable bonds is 5. The van der Waals surface area contributed by atoms with E-state index in [0.29, 0.717) is 25.9 Å². The van der Waals surface area contributed by atoms with E-state index in [4.69, 9.17) is 14.2 Å². The van der Waals surface area contributed by atoms with E-state index in [-0.39, 0.29) is 43.3 Å². The lowest BCUT2D eigenvalue weighted by Crippen LogP contribution is -2.74. The van der Waals surface area contributed by atoms with Gasteiger partial charge in [0, 0.05) is 22.2 Å². The summed E-state index contributed by atoms with van der Waals surface area (Å²) in [6, 6.07) is 6.51. The van der Waals surface area contributed by atoms with Crippen molar-refractivity contribution in [1.82, 2.24) is 0 Å². The molecular formula is C27H31BrO9. The van der Waals surface area contributed by atoms with E-state index in [9.17, 15) is 29.4 Å². The number of hydrogen-bond acceptors (Lipinski definition) is 9. The van der Waals surface area contributed by atoms with Crippen LogP contribution in [0.5, 0.6) is 0 Å². The van der Waals surface area contributed by atoms with Gasteiger partial charge in [0.2, 0.25) is 5.60 Å². The Morgan fingerprint density at radius 2 is 1.81 bits per heavy atom. The molecule has 2 saturated carbocycles. The molecule has 5 rings (SSSR count). The van der Waals surface area contributed by atoms with Crippen LogP contribution in [-0.2, 0) is 28.6 Å². The maximum atomic E-state index is 13.5. The zero-order chi connectivity index (χ0) is 26.8. The molecular weight excluding hydrogens is 548 g/mol. The SMILES string of the molecule is C[C@@]1(O)C(=O)C[C@@]23COC(=O)[C@]2(O)[C@@H](OC(=O)c2ccc(Br)cc2)CC[C@@H]3[C@@]1(C)CC[C@H]1COC(=O)C1. The second-order valence-corrected chi connectivity index (χ2v) is 12.3. The van der Waals surface area contributed by atoms with Crippen LogP contribution < -0.4 is 0 Å². The molecule has 0 aromatic heterocycles. The molecule has 1 aromatic carbocycles. The Labute approximate surface area is 223 Å². The van der Waals surface area contributed by atoms with E-state index in [1.165, 1.54) is 6.92 Å². The number of hydrogen-bond donors (Lipinski definition) is 2. The molecule has 2 saturated heterocycles. The number of carbonyl (C=O) groups is 4. The fourth-order valence-electron chi connectivity index (χ4n) is 7.19. The van der Waals surface area contributed by atoms with Gasteiger partial charge < -0.3 is 24.4 Å². The van der Waals surface area contributed by atoms with Gasteiger partial charge in [-0.3, -0.25) is 9.59 Å². The van der Waals surface area contributed by atoms with Crippen molar-refractivity contribution in [2.45, 2.75) is 69.7 Å². The van der Waals surface area contributed by atoms with Crippen LogP contribution in [0.25, 0.3) is 0 Å². The molecule has 4 fully saturated rings. The van der Waals surface area contributed by atoms with Crippen LogP contribution >= 0.6 is 15.9 Å². The van der Waals surface area contributed by atoms with E-state index in [1.54, 1.807) is 24.3 Å². The minimum atomic E-state index is -2.24. The van der Waals surface area contributed by atoms with Gasteiger partial charge in [-0.2, -0.15) is 0 Å². The zero-order valence-electron chi connectivity index (χ0n) is 20.8. The molecule has 200 valence electrons. The third-order valence-corrected chi connectivity index (χ3v) is 10.1. The molecule has 0 unspecified atom stereocenters. The molecule has 7 atom stereocenters. The number of esters is 3. The van der Waals surface area contributed by atoms with Crippen molar-refractivity contribution in [2.75, 3.05) is 13.2 Å². The molecule has 37 heavy (non-hydrogen) atoms. The molecule has 1 aromatic rings. The van der Waals surface area contributed by atoms with Crippen molar-refractivity contribution in [3.8, 4) is 0 Å². The predicted octanol–water partition coefficient (Wildman–Crippen LogP) is 2.73. The molecule has 9 nitrogen and oxygen atoms in total. The van der Waals surface area contributed by atoms with Crippen LogP contribution in [0, 0.1) is 22.7 Å². The lowest BCUT2D eigenvalue weighted by atomic mass is 9.41. The number of cyclic esters (lactones) is 2. The monoisotopic (exact) mass is 578 g/mol. The molecule has 2 N–H and O–H groups in total. The second kappa shape index (κ2) is 8.88. The van der Waals surface area contributed by atoms with Crippen molar-refractivity contribution in [3.63, 3.8) is 0 Å². The Bertz CT molecular complexity index is 1150. The summed E-state index contributed by atoms with van der Waals surface area (Å²) < 4.78 is 17.0. The predicted molar refractivity (Wildman–Crippen MR) is 131 cm³/mol. The van der Waals surface area contributed by atoms with Crippen LogP contribution in [0.2, 0.25) is 0 Å². The van der Waals surface area contributed by atoms with Crippen LogP contribution in [0.1, 0.15) is 62.7 Å². The number of carbonyl (C=O) groups excluding carboxylic acids is 4. The number of ketones is 1. The van der Waals surface area contributed by atoms with Crippen molar-refractivity contribution >= 4 is 39.6 Å². The van der Waals surface area contributed by atoms with E-state index in [0.717, 1.165) is 4.47 Å².